The van der Waals surface area contributed by atoms with E-state index in [9.17, 15) is 0 Å². The van der Waals surface area contributed by atoms with Gasteiger partial charge in [0.15, 0.2) is 0 Å². The number of halogens is 1. The van der Waals surface area contributed by atoms with E-state index in [2.05, 4.69) is 15.3 Å². The Hall–Kier alpha value is -1.07. The van der Waals surface area contributed by atoms with Gasteiger partial charge in [-0.05, 0) is 20.3 Å². The number of aromatic nitrogens is 2. The van der Waals surface area contributed by atoms with Gasteiger partial charge in [0.05, 0.1) is 30.5 Å². The van der Waals surface area contributed by atoms with Gasteiger partial charge in [-0.2, -0.15) is 4.98 Å². The van der Waals surface area contributed by atoms with Gasteiger partial charge >= 0.3 is 0 Å². The third kappa shape index (κ3) is 6.02. The Bertz CT molecular complexity index is 350. The Balaban J connectivity index is 2.38. The number of nitrogens with one attached hydrogen (secondary N) is 1. The highest BCUT2D eigenvalue weighted by Gasteiger charge is 2.05. The molecule has 0 aliphatic heterocycles. The van der Waals surface area contributed by atoms with Gasteiger partial charge in [-0.1, -0.05) is 0 Å². The van der Waals surface area contributed by atoms with Crippen LogP contribution in [0.2, 0.25) is 0 Å². The number of methoxy groups -OCH3 is 1. The average molecular weight is 274 g/mol. The fourth-order valence-corrected chi connectivity index (χ4v) is 1.59. The predicted molar refractivity (Wildman–Crippen MR) is 72.4 cm³/mol. The predicted octanol–water partition coefficient (Wildman–Crippen LogP) is 2.32. The summed E-state index contributed by atoms with van der Waals surface area (Å²) >= 11 is 6.02. The van der Waals surface area contributed by atoms with Crippen LogP contribution in [0.3, 0.4) is 0 Å². The highest BCUT2D eigenvalue weighted by Crippen LogP contribution is 2.11. The maximum absolute atomic E-state index is 6.02. The van der Waals surface area contributed by atoms with Crippen LogP contribution in [0, 0.1) is 0 Å². The molecule has 0 radical (unpaired) electrons. The quantitative estimate of drug-likeness (QED) is 0.737. The molecule has 0 amide bonds. The normalized spacial score (nSPS) is 12.5. The molecule has 102 valence electrons. The van der Waals surface area contributed by atoms with Gasteiger partial charge < -0.3 is 14.8 Å². The fraction of sp³-hybridized carbons (Fsp3) is 0.667. The molecule has 1 aromatic rings. The number of anilines is 1. The van der Waals surface area contributed by atoms with Crippen molar-refractivity contribution in [1.82, 2.24) is 9.97 Å². The van der Waals surface area contributed by atoms with E-state index in [1.807, 2.05) is 13.8 Å². The van der Waals surface area contributed by atoms with Gasteiger partial charge in [-0.3, -0.25) is 4.98 Å². The molecule has 1 rings (SSSR count). The van der Waals surface area contributed by atoms with Crippen molar-refractivity contribution >= 4 is 17.4 Å². The smallest absolute Gasteiger partial charge is 0.234 e. The molecule has 0 aliphatic carbocycles. The maximum Gasteiger partial charge on any atom is 0.234 e. The zero-order valence-corrected chi connectivity index (χ0v) is 11.8. The first kappa shape index (κ1) is 15.0. The second-order valence-corrected chi connectivity index (χ2v) is 4.79. The Morgan fingerprint density at radius 3 is 2.83 bits per heavy atom. The van der Waals surface area contributed by atoms with E-state index in [0.717, 1.165) is 13.0 Å². The molecule has 0 bridgehead atoms. The second-order valence-electron chi connectivity index (χ2n) is 4.18. The first-order chi connectivity index (χ1) is 8.61. The van der Waals surface area contributed by atoms with Crippen molar-refractivity contribution in [3.05, 3.63) is 12.4 Å². The molecule has 0 aliphatic rings. The minimum absolute atomic E-state index is 0.00514. The van der Waals surface area contributed by atoms with Crippen molar-refractivity contribution < 1.29 is 9.47 Å². The van der Waals surface area contributed by atoms with Crippen molar-refractivity contribution in [1.29, 1.82) is 0 Å². The highest BCUT2D eigenvalue weighted by molar-refractivity contribution is 6.20. The van der Waals surface area contributed by atoms with Gasteiger partial charge in [0.2, 0.25) is 5.88 Å². The Morgan fingerprint density at radius 1 is 1.39 bits per heavy atom. The topological polar surface area (TPSA) is 56.3 Å². The third-order valence-electron chi connectivity index (χ3n) is 2.08. The number of rotatable bonds is 8. The molecule has 1 N–H and O–H groups in total. The summed E-state index contributed by atoms with van der Waals surface area (Å²) in [5.41, 5.74) is 0. The first-order valence-corrected chi connectivity index (χ1v) is 6.41. The molecular formula is C12H20ClN3O2. The lowest BCUT2D eigenvalue weighted by atomic mass is 10.3. The molecular weight excluding hydrogens is 254 g/mol. The standard InChI is InChI=1S/C12H20ClN3O2/c1-9(2)18-12-7-14-6-11(16-12)15-5-4-10(13)8-17-3/h6-7,9-10H,4-5,8H2,1-3H3,(H,15,16). The third-order valence-corrected chi connectivity index (χ3v) is 2.42. The van der Waals surface area contributed by atoms with E-state index in [0.29, 0.717) is 18.3 Å². The number of hydrogen-bond acceptors (Lipinski definition) is 5. The van der Waals surface area contributed by atoms with Crippen LogP contribution in [0.15, 0.2) is 12.4 Å². The monoisotopic (exact) mass is 273 g/mol. The molecule has 5 nitrogen and oxygen atoms in total. The summed E-state index contributed by atoms with van der Waals surface area (Å²) in [6, 6.07) is 0. The molecule has 0 aromatic carbocycles. The molecule has 6 heteroatoms. The Kier molecular flexibility index (Phi) is 6.75. The van der Waals surface area contributed by atoms with E-state index >= 15 is 0 Å². The van der Waals surface area contributed by atoms with Crippen molar-refractivity contribution in [3.8, 4) is 5.88 Å². The van der Waals surface area contributed by atoms with E-state index < -0.39 is 0 Å². The molecule has 0 spiro atoms. The van der Waals surface area contributed by atoms with Crippen LogP contribution in [0.5, 0.6) is 5.88 Å². The van der Waals surface area contributed by atoms with E-state index in [-0.39, 0.29) is 11.5 Å². The van der Waals surface area contributed by atoms with Gasteiger partial charge in [-0.15, -0.1) is 11.6 Å². The summed E-state index contributed by atoms with van der Waals surface area (Å²) in [4.78, 5) is 8.35. The first-order valence-electron chi connectivity index (χ1n) is 5.97. The van der Waals surface area contributed by atoms with Crippen molar-refractivity contribution in [2.45, 2.75) is 31.7 Å². The number of ether oxygens (including phenoxy) is 2. The summed E-state index contributed by atoms with van der Waals surface area (Å²) in [5, 5.41) is 3.16. The Labute approximate surface area is 113 Å². The molecule has 0 fully saturated rings. The lowest BCUT2D eigenvalue weighted by molar-refractivity contribution is 0.196. The summed E-state index contributed by atoms with van der Waals surface area (Å²) in [7, 11) is 1.64. The second kappa shape index (κ2) is 8.11. The SMILES string of the molecule is COCC(Cl)CCNc1cncc(OC(C)C)n1. The van der Waals surface area contributed by atoms with Gasteiger partial charge in [0, 0.05) is 13.7 Å². The van der Waals surface area contributed by atoms with Gasteiger partial charge in [0.1, 0.15) is 5.82 Å². The van der Waals surface area contributed by atoms with Crippen LogP contribution in [-0.4, -0.2) is 41.7 Å². The van der Waals surface area contributed by atoms with Crippen LogP contribution >= 0.6 is 11.6 Å². The van der Waals surface area contributed by atoms with Crippen LogP contribution in [-0.2, 0) is 4.74 Å². The number of hydrogen-bond donors (Lipinski definition) is 1. The van der Waals surface area contributed by atoms with Crippen molar-refractivity contribution in [2.75, 3.05) is 25.6 Å². The molecule has 0 saturated heterocycles. The highest BCUT2D eigenvalue weighted by atomic mass is 35.5. The van der Waals surface area contributed by atoms with Crippen LogP contribution in [0.4, 0.5) is 5.82 Å². The fourth-order valence-electron chi connectivity index (χ4n) is 1.35. The van der Waals surface area contributed by atoms with E-state index in [1.54, 1.807) is 19.5 Å². The molecule has 0 saturated carbocycles. The van der Waals surface area contributed by atoms with Crippen LogP contribution in [0.1, 0.15) is 20.3 Å². The molecule has 1 heterocycles. The van der Waals surface area contributed by atoms with E-state index in [4.69, 9.17) is 21.1 Å². The minimum atomic E-state index is 0.00514. The molecule has 1 unspecified atom stereocenters. The molecule has 1 atom stereocenters. The maximum atomic E-state index is 6.02. The van der Waals surface area contributed by atoms with Crippen molar-refractivity contribution in [3.63, 3.8) is 0 Å². The summed E-state index contributed by atoms with van der Waals surface area (Å²) in [6.45, 7) is 5.16. The van der Waals surface area contributed by atoms with Crippen LogP contribution in [0.25, 0.3) is 0 Å². The van der Waals surface area contributed by atoms with Crippen LogP contribution < -0.4 is 10.1 Å². The summed E-state index contributed by atoms with van der Waals surface area (Å²) < 4.78 is 10.4. The zero-order chi connectivity index (χ0) is 13.4. The summed E-state index contributed by atoms with van der Waals surface area (Å²) in [5.74, 6) is 1.21. The molecule has 18 heavy (non-hydrogen) atoms. The lowest BCUT2D eigenvalue weighted by Gasteiger charge is -2.11. The number of nitrogens with zero attached hydrogens (tertiary/aromatic N) is 2. The lowest BCUT2D eigenvalue weighted by Crippen LogP contribution is -2.14. The minimum Gasteiger partial charge on any atom is -0.474 e. The van der Waals surface area contributed by atoms with Gasteiger partial charge in [-0.25, -0.2) is 0 Å². The Morgan fingerprint density at radius 2 is 2.17 bits per heavy atom. The zero-order valence-electron chi connectivity index (χ0n) is 11.0. The largest absolute Gasteiger partial charge is 0.474 e. The average Bonchev–Trinajstić information content (AvgIpc) is 2.29. The van der Waals surface area contributed by atoms with Crippen molar-refractivity contribution in [2.24, 2.45) is 0 Å². The molecule has 1 aromatic heterocycles. The number of alkyl halides is 1. The van der Waals surface area contributed by atoms with Gasteiger partial charge in [0.25, 0.3) is 0 Å². The summed E-state index contributed by atoms with van der Waals surface area (Å²) in [6.07, 6.45) is 4.14. The van der Waals surface area contributed by atoms with E-state index in [1.165, 1.54) is 0 Å².